The molecule has 0 spiro atoms. The smallest absolute Gasteiger partial charge is 0.322 e. The molecule has 5 nitrogen and oxygen atoms in total. The maximum Gasteiger partial charge on any atom is 0.322 e. The minimum atomic E-state index is -0.896. The molecule has 1 saturated carbocycles. The monoisotopic (exact) mass is 434 g/mol. The number of carbonyl (C=O) groups is 1. The summed E-state index contributed by atoms with van der Waals surface area (Å²) >= 11 is 0. The van der Waals surface area contributed by atoms with Crippen LogP contribution in [0.3, 0.4) is 0 Å². The van der Waals surface area contributed by atoms with E-state index in [-0.39, 0.29) is 11.5 Å². The van der Waals surface area contributed by atoms with Gasteiger partial charge in [0.05, 0.1) is 0 Å². The van der Waals surface area contributed by atoms with Gasteiger partial charge in [-0.3, -0.25) is 9.69 Å². The second-order valence-corrected chi connectivity index (χ2v) is 10.3. The standard InChI is InChI=1S/C27H34N2O3/c1-17-23-12-20-10-11-21(32-16-19-6-4-3-5-7-19)13-22(20)27(17,2)14-24(25(28)26(30)31)29(23)15-18-8-9-18/h3-7,10-11,13,17-18,23-25H,8-9,12,14-16,28H2,1-2H3,(H,30,31)/t17-,23+,24?,25?,27+/m0/s1. The molecule has 2 aromatic rings. The molecule has 1 saturated heterocycles. The molecule has 5 rings (SSSR count). The lowest BCUT2D eigenvalue weighted by molar-refractivity contribution is -0.142. The lowest BCUT2D eigenvalue weighted by atomic mass is 9.57. The Bertz CT molecular complexity index is 990. The molecule has 2 aromatic carbocycles. The number of hydrogen-bond donors (Lipinski definition) is 2. The fourth-order valence-corrected chi connectivity index (χ4v) is 6.03. The summed E-state index contributed by atoms with van der Waals surface area (Å²) < 4.78 is 6.14. The van der Waals surface area contributed by atoms with E-state index in [2.05, 4.69) is 49.1 Å². The Hall–Kier alpha value is -2.37. The highest BCUT2D eigenvalue weighted by atomic mass is 16.5. The summed E-state index contributed by atoms with van der Waals surface area (Å²) in [6, 6.07) is 16.0. The molecule has 1 heterocycles. The van der Waals surface area contributed by atoms with Crippen LogP contribution >= 0.6 is 0 Å². The maximum atomic E-state index is 11.9. The van der Waals surface area contributed by atoms with Crippen molar-refractivity contribution >= 4 is 5.97 Å². The summed E-state index contributed by atoms with van der Waals surface area (Å²) in [6.07, 6.45) is 4.21. The van der Waals surface area contributed by atoms with Gasteiger partial charge in [0.1, 0.15) is 18.4 Å². The van der Waals surface area contributed by atoms with Crippen LogP contribution in [-0.2, 0) is 23.2 Å². The highest BCUT2D eigenvalue weighted by Gasteiger charge is 2.54. The van der Waals surface area contributed by atoms with Gasteiger partial charge in [0, 0.05) is 18.6 Å². The van der Waals surface area contributed by atoms with Crippen LogP contribution in [0.15, 0.2) is 48.5 Å². The zero-order chi connectivity index (χ0) is 22.5. The first-order valence-corrected chi connectivity index (χ1v) is 11.9. The highest BCUT2D eigenvalue weighted by Crippen LogP contribution is 2.52. The van der Waals surface area contributed by atoms with E-state index in [1.165, 1.54) is 24.0 Å². The summed E-state index contributed by atoms with van der Waals surface area (Å²) in [5, 5.41) is 9.76. The molecule has 0 amide bonds. The Labute approximate surface area is 190 Å². The number of piperidine rings is 1. The van der Waals surface area contributed by atoms with Crippen molar-refractivity contribution in [3.8, 4) is 5.75 Å². The maximum absolute atomic E-state index is 11.9. The number of fused-ring (bicyclic) bond motifs is 4. The van der Waals surface area contributed by atoms with Crippen LogP contribution in [0, 0.1) is 11.8 Å². The lowest BCUT2D eigenvalue weighted by Gasteiger charge is -2.58. The molecule has 170 valence electrons. The third kappa shape index (κ3) is 3.82. The van der Waals surface area contributed by atoms with Crippen molar-refractivity contribution in [2.75, 3.05) is 6.54 Å². The highest BCUT2D eigenvalue weighted by molar-refractivity contribution is 5.74. The Morgan fingerprint density at radius 1 is 1.25 bits per heavy atom. The zero-order valence-corrected chi connectivity index (χ0v) is 19.0. The minimum absolute atomic E-state index is 0.123. The number of hydrogen-bond acceptors (Lipinski definition) is 4. The second-order valence-electron chi connectivity index (χ2n) is 10.3. The molecule has 1 aliphatic heterocycles. The van der Waals surface area contributed by atoms with Crippen molar-refractivity contribution in [2.45, 2.75) is 69.7 Å². The number of ether oxygens (including phenoxy) is 1. The second kappa shape index (κ2) is 8.20. The van der Waals surface area contributed by atoms with Gasteiger partial charge >= 0.3 is 5.97 Å². The van der Waals surface area contributed by atoms with Gasteiger partial charge < -0.3 is 15.6 Å². The molecule has 2 fully saturated rings. The van der Waals surface area contributed by atoms with Crippen molar-refractivity contribution in [3.63, 3.8) is 0 Å². The van der Waals surface area contributed by atoms with E-state index in [0.29, 0.717) is 24.5 Å². The van der Waals surface area contributed by atoms with E-state index in [4.69, 9.17) is 10.5 Å². The van der Waals surface area contributed by atoms with Gasteiger partial charge in [0.2, 0.25) is 0 Å². The number of carboxylic acids is 1. The van der Waals surface area contributed by atoms with Gasteiger partial charge in [-0.1, -0.05) is 50.2 Å². The number of carboxylic acid groups (broad SMARTS) is 1. The van der Waals surface area contributed by atoms with E-state index >= 15 is 0 Å². The largest absolute Gasteiger partial charge is 0.489 e. The first-order valence-electron chi connectivity index (χ1n) is 11.9. The summed E-state index contributed by atoms with van der Waals surface area (Å²) in [5.74, 6) is 1.10. The third-order valence-electron chi connectivity index (χ3n) is 8.31. The summed E-state index contributed by atoms with van der Waals surface area (Å²) in [4.78, 5) is 14.4. The predicted octanol–water partition coefficient (Wildman–Crippen LogP) is 3.98. The SMILES string of the molecule is C[C@H]1[C@H]2Cc3ccc(OCc4ccccc4)cc3[C@]1(C)CC(C(N)C(=O)O)N2CC1CC1. The molecule has 32 heavy (non-hydrogen) atoms. The van der Waals surface area contributed by atoms with Crippen LogP contribution in [-0.4, -0.2) is 40.6 Å². The Morgan fingerprint density at radius 2 is 2.00 bits per heavy atom. The van der Waals surface area contributed by atoms with Gasteiger partial charge in [-0.15, -0.1) is 0 Å². The van der Waals surface area contributed by atoms with Crippen molar-refractivity contribution in [1.82, 2.24) is 4.90 Å². The zero-order valence-electron chi connectivity index (χ0n) is 19.0. The molecule has 0 aromatic heterocycles. The van der Waals surface area contributed by atoms with Gasteiger partial charge in [0.15, 0.2) is 0 Å². The Morgan fingerprint density at radius 3 is 2.69 bits per heavy atom. The number of aliphatic carboxylic acids is 1. The quantitative estimate of drug-likeness (QED) is 0.689. The van der Waals surface area contributed by atoms with Crippen molar-refractivity contribution in [1.29, 1.82) is 0 Å². The fourth-order valence-electron chi connectivity index (χ4n) is 6.03. The average Bonchev–Trinajstić information content (AvgIpc) is 3.61. The summed E-state index contributed by atoms with van der Waals surface area (Å²) in [5.41, 5.74) is 9.98. The molecule has 5 atom stereocenters. The van der Waals surface area contributed by atoms with Gasteiger partial charge in [-0.2, -0.15) is 0 Å². The number of likely N-dealkylation sites (tertiary alicyclic amines) is 1. The molecule has 3 N–H and O–H groups in total. The van der Waals surface area contributed by atoms with Crippen LogP contribution in [0.2, 0.25) is 0 Å². The van der Waals surface area contributed by atoms with E-state index in [1.54, 1.807) is 0 Å². The Kier molecular flexibility index (Phi) is 5.50. The van der Waals surface area contributed by atoms with Crippen LogP contribution in [0.1, 0.15) is 49.8 Å². The molecule has 2 aliphatic carbocycles. The lowest BCUT2D eigenvalue weighted by Crippen LogP contribution is -2.67. The van der Waals surface area contributed by atoms with E-state index in [1.807, 2.05) is 18.2 Å². The molecular weight excluding hydrogens is 400 g/mol. The normalized spacial score (nSPS) is 30.4. The topological polar surface area (TPSA) is 75.8 Å². The van der Waals surface area contributed by atoms with E-state index in [0.717, 1.165) is 30.7 Å². The summed E-state index contributed by atoms with van der Waals surface area (Å²) in [6.45, 7) is 6.16. The minimum Gasteiger partial charge on any atom is -0.489 e. The first kappa shape index (κ1) is 21.5. The number of benzene rings is 2. The first-order chi connectivity index (χ1) is 15.4. The molecule has 2 unspecified atom stereocenters. The molecule has 0 radical (unpaired) electrons. The van der Waals surface area contributed by atoms with E-state index < -0.39 is 12.0 Å². The molecule has 5 heteroatoms. The fraction of sp³-hybridized carbons (Fsp3) is 0.519. The number of nitrogens with two attached hydrogens (primary N) is 1. The van der Waals surface area contributed by atoms with Crippen LogP contribution in [0.4, 0.5) is 0 Å². The van der Waals surface area contributed by atoms with Gasteiger partial charge in [0.25, 0.3) is 0 Å². The van der Waals surface area contributed by atoms with Crippen molar-refractivity contribution in [3.05, 3.63) is 65.2 Å². The Balaban J connectivity index is 1.46. The van der Waals surface area contributed by atoms with Crippen LogP contribution in [0.5, 0.6) is 5.75 Å². The van der Waals surface area contributed by atoms with Crippen molar-refractivity contribution < 1.29 is 14.6 Å². The molecular formula is C27H34N2O3. The predicted molar refractivity (Wildman–Crippen MR) is 125 cm³/mol. The molecule has 3 aliphatic rings. The third-order valence-corrected chi connectivity index (χ3v) is 8.31. The molecule has 2 bridgehead atoms. The number of nitrogens with zero attached hydrogens (tertiary/aromatic N) is 1. The van der Waals surface area contributed by atoms with Gasteiger partial charge in [-0.05, 0) is 71.8 Å². The summed E-state index contributed by atoms with van der Waals surface area (Å²) in [7, 11) is 0. The van der Waals surface area contributed by atoms with Gasteiger partial charge in [-0.25, -0.2) is 0 Å². The van der Waals surface area contributed by atoms with Crippen LogP contribution < -0.4 is 10.5 Å². The van der Waals surface area contributed by atoms with E-state index in [9.17, 15) is 9.90 Å². The number of rotatable bonds is 7. The van der Waals surface area contributed by atoms with Crippen molar-refractivity contribution in [2.24, 2.45) is 17.6 Å². The average molecular weight is 435 g/mol. The van der Waals surface area contributed by atoms with Crippen LogP contribution in [0.25, 0.3) is 0 Å².